The number of ether oxygens (including phenoxy) is 1. The third kappa shape index (κ3) is 5.18. The van der Waals surface area contributed by atoms with Crippen molar-refractivity contribution in [2.75, 3.05) is 26.7 Å². The van der Waals surface area contributed by atoms with Gasteiger partial charge < -0.3 is 14.5 Å². The van der Waals surface area contributed by atoms with Gasteiger partial charge in [0.05, 0.1) is 12.1 Å². The van der Waals surface area contributed by atoms with Crippen molar-refractivity contribution in [3.05, 3.63) is 65.7 Å². The summed E-state index contributed by atoms with van der Waals surface area (Å²) in [6.07, 6.45) is 6.52. The number of carbonyl (C=O) groups excluding carboxylic acids is 1. The molecule has 4 nitrogen and oxygen atoms in total. The van der Waals surface area contributed by atoms with Crippen molar-refractivity contribution in [1.29, 1.82) is 0 Å². The van der Waals surface area contributed by atoms with Gasteiger partial charge in [0.1, 0.15) is 5.75 Å². The molecular formula is C25H32N2O2. The highest BCUT2D eigenvalue weighted by molar-refractivity contribution is 5.77. The Morgan fingerprint density at radius 2 is 1.83 bits per heavy atom. The summed E-state index contributed by atoms with van der Waals surface area (Å²) >= 11 is 0. The Labute approximate surface area is 174 Å². The Balaban J connectivity index is 1.38. The van der Waals surface area contributed by atoms with Crippen LogP contribution in [0.3, 0.4) is 0 Å². The smallest absolute Gasteiger partial charge is 0.223 e. The van der Waals surface area contributed by atoms with E-state index in [2.05, 4.69) is 53.2 Å². The summed E-state index contributed by atoms with van der Waals surface area (Å²) in [5.41, 5.74) is 2.40. The van der Waals surface area contributed by atoms with Crippen LogP contribution in [0.15, 0.2) is 54.6 Å². The first-order valence-corrected chi connectivity index (χ1v) is 11.0. The van der Waals surface area contributed by atoms with Crippen LogP contribution in [0.5, 0.6) is 5.75 Å². The summed E-state index contributed by atoms with van der Waals surface area (Å²) in [7, 11) is 2.13. The lowest BCUT2D eigenvalue weighted by molar-refractivity contribution is -0.136. The topological polar surface area (TPSA) is 32.8 Å². The zero-order valence-electron chi connectivity index (χ0n) is 17.4. The number of amides is 1. The maximum atomic E-state index is 13.1. The van der Waals surface area contributed by atoms with Crippen LogP contribution in [0, 0.1) is 0 Å². The Morgan fingerprint density at radius 3 is 2.62 bits per heavy atom. The first-order valence-electron chi connectivity index (χ1n) is 11.0. The third-order valence-corrected chi connectivity index (χ3v) is 6.22. The van der Waals surface area contributed by atoms with Crippen molar-refractivity contribution in [2.45, 2.75) is 50.7 Å². The first-order chi connectivity index (χ1) is 14.2. The molecule has 29 heavy (non-hydrogen) atoms. The van der Waals surface area contributed by atoms with E-state index < -0.39 is 0 Å². The van der Waals surface area contributed by atoms with Crippen LogP contribution in [-0.2, 0) is 11.2 Å². The van der Waals surface area contributed by atoms with Gasteiger partial charge in [0.2, 0.25) is 5.91 Å². The largest absolute Gasteiger partial charge is 0.490 e. The molecule has 1 unspecified atom stereocenters. The zero-order chi connectivity index (χ0) is 20.1. The van der Waals surface area contributed by atoms with Crippen molar-refractivity contribution in [3.8, 4) is 5.75 Å². The van der Waals surface area contributed by atoms with Crippen molar-refractivity contribution in [2.24, 2.45) is 0 Å². The van der Waals surface area contributed by atoms with Gasteiger partial charge in [0.15, 0.2) is 0 Å². The predicted molar refractivity (Wildman–Crippen MR) is 116 cm³/mol. The van der Waals surface area contributed by atoms with Gasteiger partial charge in [-0.05, 0) is 62.4 Å². The van der Waals surface area contributed by atoms with E-state index in [0.29, 0.717) is 12.5 Å². The summed E-state index contributed by atoms with van der Waals surface area (Å²) in [6.45, 7) is 2.61. The van der Waals surface area contributed by atoms with Crippen LogP contribution in [-0.4, -0.2) is 48.5 Å². The molecule has 1 aliphatic heterocycles. The molecule has 0 spiro atoms. The first kappa shape index (κ1) is 20.0. The second kappa shape index (κ2) is 9.45. The molecule has 0 bridgehead atoms. The maximum absolute atomic E-state index is 13.1. The molecule has 2 fully saturated rings. The quantitative estimate of drug-likeness (QED) is 0.728. The minimum Gasteiger partial charge on any atom is -0.490 e. The van der Waals surface area contributed by atoms with E-state index >= 15 is 0 Å². The fourth-order valence-corrected chi connectivity index (χ4v) is 4.55. The average Bonchev–Trinajstić information content (AvgIpc) is 3.26. The molecule has 0 N–H and O–H groups in total. The number of carbonyl (C=O) groups is 1. The van der Waals surface area contributed by atoms with Crippen LogP contribution in [0.1, 0.15) is 49.3 Å². The SMILES string of the molecule is CN1CCN(C(=O)CCc2cccc(OC3CCCC3)c2)C(c2ccccc2)C1. The van der Waals surface area contributed by atoms with Crippen LogP contribution in [0.4, 0.5) is 0 Å². The Kier molecular flexibility index (Phi) is 6.50. The fraction of sp³-hybridized carbons (Fsp3) is 0.480. The van der Waals surface area contributed by atoms with E-state index in [1.165, 1.54) is 24.0 Å². The van der Waals surface area contributed by atoms with E-state index in [9.17, 15) is 4.79 Å². The number of hydrogen-bond acceptors (Lipinski definition) is 3. The number of hydrogen-bond donors (Lipinski definition) is 0. The highest BCUT2D eigenvalue weighted by Crippen LogP contribution is 2.27. The van der Waals surface area contributed by atoms with Gasteiger partial charge in [-0.25, -0.2) is 0 Å². The molecule has 0 aromatic heterocycles. The molecule has 1 atom stereocenters. The summed E-state index contributed by atoms with van der Waals surface area (Å²) in [5.74, 6) is 1.19. The molecule has 1 saturated carbocycles. The van der Waals surface area contributed by atoms with E-state index in [4.69, 9.17) is 4.74 Å². The third-order valence-electron chi connectivity index (χ3n) is 6.22. The predicted octanol–water partition coefficient (Wildman–Crippen LogP) is 4.46. The highest BCUT2D eigenvalue weighted by Gasteiger charge is 2.29. The van der Waals surface area contributed by atoms with E-state index in [1.807, 2.05) is 18.2 Å². The van der Waals surface area contributed by atoms with Gasteiger partial charge in [-0.2, -0.15) is 0 Å². The number of likely N-dealkylation sites (N-methyl/N-ethyl adjacent to an activating group) is 1. The van der Waals surface area contributed by atoms with E-state index in [0.717, 1.165) is 44.6 Å². The zero-order valence-corrected chi connectivity index (χ0v) is 17.4. The van der Waals surface area contributed by atoms with Crippen molar-refractivity contribution < 1.29 is 9.53 Å². The maximum Gasteiger partial charge on any atom is 0.223 e. The van der Waals surface area contributed by atoms with Gasteiger partial charge in [0, 0.05) is 26.1 Å². The van der Waals surface area contributed by atoms with Gasteiger partial charge in [-0.15, -0.1) is 0 Å². The molecule has 154 valence electrons. The Morgan fingerprint density at radius 1 is 1.03 bits per heavy atom. The summed E-state index contributed by atoms with van der Waals surface area (Å²) < 4.78 is 6.12. The Bertz CT molecular complexity index is 801. The molecule has 4 rings (SSSR count). The molecule has 1 heterocycles. The summed E-state index contributed by atoms with van der Waals surface area (Å²) in [4.78, 5) is 17.5. The Hall–Kier alpha value is -2.33. The number of piperazine rings is 1. The summed E-state index contributed by atoms with van der Waals surface area (Å²) in [6, 6.07) is 18.9. The average molecular weight is 393 g/mol. The van der Waals surface area contributed by atoms with Crippen molar-refractivity contribution in [3.63, 3.8) is 0 Å². The molecule has 2 aromatic carbocycles. The molecule has 1 aliphatic carbocycles. The normalized spacial score (nSPS) is 20.7. The second-order valence-corrected chi connectivity index (χ2v) is 8.45. The van der Waals surface area contributed by atoms with Crippen LogP contribution < -0.4 is 4.74 Å². The van der Waals surface area contributed by atoms with Gasteiger partial charge in [0.25, 0.3) is 0 Å². The minimum absolute atomic E-state index is 0.138. The second-order valence-electron chi connectivity index (χ2n) is 8.45. The molecule has 2 aromatic rings. The number of rotatable bonds is 6. The fourth-order valence-electron chi connectivity index (χ4n) is 4.55. The lowest BCUT2D eigenvalue weighted by atomic mass is 10.0. The van der Waals surface area contributed by atoms with Gasteiger partial charge >= 0.3 is 0 Å². The lowest BCUT2D eigenvalue weighted by Gasteiger charge is -2.40. The van der Waals surface area contributed by atoms with Crippen LogP contribution >= 0.6 is 0 Å². The lowest BCUT2D eigenvalue weighted by Crippen LogP contribution is -2.49. The van der Waals surface area contributed by atoms with Crippen LogP contribution in [0.2, 0.25) is 0 Å². The van der Waals surface area contributed by atoms with Crippen molar-refractivity contribution in [1.82, 2.24) is 9.80 Å². The van der Waals surface area contributed by atoms with Gasteiger partial charge in [-0.3, -0.25) is 4.79 Å². The molecule has 0 radical (unpaired) electrons. The van der Waals surface area contributed by atoms with Crippen LogP contribution in [0.25, 0.3) is 0 Å². The number of nitrogens with zero attached hydrogens (tertiary/aromatic N) is 2. The van der Waals surface area contributed by atoms with Gasteiger partial charge in [-0.1, -0.05) is 42.5 Å². The molecule has 4 heteroatoms. The highest BCUT2D eigenvalue weighted by atomic mass is 16.5. The van der Waals surface area contributed by atoms with Crippen molar-refractivity contribution >= 4 is 5.91 Å². The molecule has 2 aliphatic rings. The monoisotopic (exact) mass is 392 g/mol. The molecule has 1 saturated heterocycles. The molecule has 1 amide bonds. The minimum atomic E-state index is 0.138. The van der Waals surface area contributed by atoms with E-state index in [-0.39, 0.29) is 11.9 Å². The number of aryl methyl sites for hydroxylation is 1. The number of benzene rings is 2. The summed E-state index contributed by atoms with van der Waals surface area (Å²) in [5, 5.41) is 0. The van der Waals surface area contributed by atoms with E-state index in [1.54, 1.807) is 0 Å². The standard InChI is InChI=1S/C25H32N2O2/c1-26-16-17-27(24(19-26)21-9-3-2-4-10-21)25(28)15-14-20-8-7-13-23(18-20)29-22-11-5-6-12-22/h2-4,7-10,13,18,22,24H,5-6,11-12,14-17,19H2,1H3. The molecular weight excluding hydrogens is 360 g/mol.